The van der Waals surface area contributed by atoms with Crippen LogP contribution < -0.4 is 10.6 Å². The lowest BCUT2D eigenvalue weighted by molar-refractivity contribution is -0.117. The predicted octanol–water partition coefficient (Wildman–Crippen LogP) is 4.00. The molecule has 0 unspecified atom stereocenters. The van der Waals surface area contributed by atoms with Crippen LogP contribution in [0.25, 0.3) is 0 Å². The van der Waals surface area contributed by atoms with E-state index in [0.717, 1.165) is 0 Å². The van der Waals surface area contributed by atoms with Crippen molar-refractivity contribution in [1.29, 1.82) is 0 Å². The van der Waals surface area contributed by atoms with Crippen molar-refractivity contribution in [2.24, 2.45) is 0 Å². The molecule has 0 aliphatic rings. The summed E-state index contributed by atoms with van der Waals surface area (Å²) in [6, 6.07) is 8.84. The third kappa shape index (κ3) is 4.73. The minimum atomic E-state index is -2.77. The molecule has 0 bridgehead atoms. The molecule has 2 heterocycles. The van der Waals surface area contributed by atoms with Crippen LogP contribution in [-0.2, 0) is 17.9 Å². The van der Waals surface area contributed by atoms with Crippen LogP contribution in [0, 0.1) is 6.92 Å². The van der Waals surface area contributed by atoms with Gasteiger partial charge in [-0.15, -0.1) is 0 Å². The Hall–Kier alpha value is -3.08. The lowest BCUT2D eigenvalue weighted by Gasteiger charge is -2.07. The number of amides is 2. The molecular formula is C19H19BrF2N6O2. The molecule has 3 rings (SSSR count). The van der Waals surface area contributed by atoms with Crippen LogP contribution in [0.2, 0.25) is 0 Å². The van der Waals surface area contributed by atoms with E-state index >= 15 is 0 Å². The second-order valence-electron chi connectivity index (χ2n) is 6.36. The first kappa shape index (κ1) is 21.6. The summed E-state index contributed by atoms with van der Waals surface area (Å²) in [5.74, 6) is -1.01. The van der Waals surface area contributed by atoms with Gasteiger partial charge in [0, 0.05) is 18.4 Å². The highest BCUT2D eigenvalue weighted by molar-refractivity contribution is 9.10. The summed E-state index contributed by atoms with van der Waals surface area (Å²) in [5, 5.41) is 13.3. The highest BCUT2D eigenvalue weighted by atomic mass is 79.9. The first-order valence-electron chi connectivity index (χ1n) is 9.04. The molecule has 2 aromatic heterocycles. The van der Waals surface area contributed by atoms with E-state index in [1.165, 1.54) is 15.6 Å². The van der Waals surface area contributed by atoms with Gasteiger partial charge in [0.05, 0.1) is 15.9 Å². The number of hydrogen-bond donors (Lipinski definition) is 2. The first-order chi connectivity index (χ1) is 14.3. The van der Waals surface area contributed by atoms with Crippen molar-refractivity contribution >= 4 is 39.1 Å². The van der Waals surface area contributed by atoms with Gasteiger partial charge >= 0.3 is 0 Å². The summed E-state index contributed by atoms with van der Waals surface area (Å²) in [4.78, 5) is 25.1. The van der Waals surface area contributed by atoms with E-state index in [4.69, 9.17) is 0 Å². The number of aryl methyl sites for hydroxylation is 1. The number of carbonyl (C=O) groups is 2. The fraction of sp³-hybridized carbons (Fsp3) is 0.263. The monoisotopic (exact) mass is 480 g/mol. The second-order valence-corrected chi connectivity index (χ2v) is 7.15. The Labute approximate surface area is 179 Å². The Balaban J connectivity index is 1.78. The Morgan fingerprint density at radius 3 is 2.47 bits per heavy atom. The molecule has 0 aliphatic heterocycles. The van der Waals surface area contributed by atoms with Gasteiger partial charge in [0.2, 0.25) is 5.91 Å². The SMILES string of the molecule is CCn1cc(NC(=O)Cn2nc(C(F)F)c(Br)c2C)c(C(=O)Nc2ccccc2)n1. The van der Waals surface area contributed by atoms with E-state index < -0.39 is 23.9 Å². The van der Waals surface area contributed by atoms with Gasteiger partial charge in [-0.1, -0.05) is 18.2 Å². The Morgan fingerprint density at radius 1 is 1.17 bits per heavy atom. The van der Waals surface area contributed by atoms with Crippen LogP contribution in [-0.4, -0.2) is 31.4 Å². The van der Waals surface area contributed by atoms with Crippen LogP contribution >= 0.6 is 15.9 Å². The van der Waals surface area contributed by atoms with Crippen LogP contribution in [0.3, 0.4) is 0 Å². The molecule has 2 amide bonds. The van der Waals surface area contributed by atoms with Crippen molar-refractivity contribution in [1.82, 2.24) is 19.6 Å². The zero-order chi connectivity index (χ0) is 21.8. The number of alkyl halides is 2. The van der Waals surface area contributed by atoms with Gasteiger partial charge in [-0.3, -0.25) is 19.0 Å². The maximum atomic E-state index is 13.0. The standard InChI is InChI=1S/C19H19BrF2N6O2/c1-3-27-9-13(16(25-27)19(30)23-12-7-5-4-6-8-12)24-14(29)10-28-11(2)15(20)17(26-28)18(21)22/h4-9,18H,3,10H2,1-2H3,(H,23,30)(H,24,29). The molecule has 0 saturated carbocycles. The highest BCUT2D eigenvalue weighted by Crippen LogP contribution is 2.29. The minimum Gasteiger partial charge on any atom is -0.321 e. The molecule has 0 radical (unpaired) electrons. The van der Waals surface area contributed by atoms with E-state index in [2.05, 4.69) is 36.8 Å². The van der Waals surface area contributed by atoms with Crippen LogP contribution in [0.15, 0.2) is 41.0 Å². The van der Waals surface area contributed by atoms with Crippen molar-refractivity contribution in [3.63, 3.8) is 0 Å². The molecule has 2 N–H and O–H groups in total. The molecule has 0 atom stereocenters. The van der Waals surface area contributed by atoms with E-state index in [0.29, 0.717) is 17.9 Å². The molecule has 11 heteroatoms. The van der Waals surface area contributed by atoms with Gasteiger partial charge < -0.3 is 10.6 Å². The molecule has 0 fully saturated rings. The zero-order valence-electron chi connectivity index (χ0n) is 16.2. The third-order valence-electron chi connectivity index (χ3n) is 4.26. The number of carbonyl (C=O) groups excluding carboxylic acids is 2. The van der Waals surface area contributed by atoms with Crippen LogP contribution in [0.4, 0.5) is 20.2 Å². The number of anilines is 2. The van der Waals surface area contributed by atoms with Crippen molar-refractivity contribution in [2.75, 3.05) is 10.6 Å². The van der Waals surface area contributed by atoms with Crippen molar-refractivity contribution < 1.29 is 18.4 Å². The quantitative estimate of drug-likeness (QED) is 0.534. The molecule has 30 heavy (non-hydrogen) atoms. The van der Waals surface area contributed by atoms with Crippen molar-refractivity contribution in [2.45, 2.75) is 33.4 Å². The van der Waals surface area contributed by atoms with E-state index in [9.17, 15) is 18.4 Å². The van der Waals surface area contributed by atoms with Gasteiger partial charge in [0.1, 0.15) is 12.2 Å². The van der Waals surface area contributed by atoms with Crippen LogP contribution in [0.5, 0.6) is 0 Å². The molecule has 158 valence electrons. The summed E-state index contributed by atoms with van der Waals surface area (Å²) >= 11 is 3.07. The van der Waals surface area contributed by atoms with Gasteiger partial charge in [-0.2, -0.15) is 10.2 Å². The summed E-state index contributed by atoms with van der Waals surface area (Å²) in [5.41, 5.74) is 0.810. The van der Waals surface area contributed by atoms with Crippen molar-refractivity contribution in [3.05, 3.63) is 58.1 Å². The normalized spacial score (nSPS) is 11.0. The Kier molecular flexibility index (Phi) is 6.60. The molecule has 3 aromatic rings. The summed E-state index contributed by atoms with van der Waals surface area (Å²) < 4.78 is 28.9. The second kappa shape index (κ2) is 9.16. The van der Waals surface area contributed by atoms with Crippen LogP contribution in [0.1, 0.15) is 35.2 Å². The maximum Gasteiger partial charge on any atom is 0.283 e. The van der Waals surface area contributed by atoms with Crippen molar-refractivity contribution in [3.8, 4) is 0 Å². The molecule has 0 aliphatic carbocycles. The highest BCUT2D eigenvalue weighted by Gasteiger charge is 2.23. The molecule has 1 aromatic carbocycles. The molecule has 0 saturated heterocycles. The van der Waals surface area contributed by atoms with Gasteiger partial charge in [-0.05, 0) is 41.9 Å². The first-order valence-corrected chi connectivity index (χ1v) is 9.84. The molecule has 0 spiro atoms. The average molecular weight is 481 g/mol. The number of halogens is 3. The van der Waals surface area contributed by atoms with Gasteiger partial charge in [0.25, 0.3) is 12.3 Å². The number of hydrogen-bond acceptors (Lipinski definition) is 4. The minimum absolute atomic E-state index is 0.0423. The summed E-state index contributed by atoms with van der Waals surface area (Å²) in [6.07, 6.45) is -1.23. The fourth-order valence-corrected chi connectivity index (χ4v) is 3.18. The third-order valence-corrected chi connectivity index (χ3v) is 5.24. The summed E-state index contributed by atoms with van der Waals surface area (Å²) in [7, 11) is 0. The van der Waals surface area contributed by atoms with E-state index in [1.807, 2.05) is 13.0 Å². The Morgan fingerprint density at radius 2 is 1.87 bits per heavy atom. The number of benzene rings is 1. The number of para-hydroxylation sites is 1. The number of rotatable bonds is 7. The average Bonchev–Trinajstić information content (AvgIpc) is 3.25. The van der Waals surface area contributed by atoms with E-state index in [1.54, 1.807) is 31.2 Å². The van der Waals surface area contributed by atoms with E-state index in [-0.39, 0.29) is 22.4 Å². The Bertz CT molecular complexity index is 1060. The summed E-state index contributed by atoms with van der Waals surface area (Å²) in [6.45, 7) is 3.61. The molecule has 8 nitrogen and oxygen atoms in total. The fourth-order valence-electron chi connectivity index (χ4n) is 2.72. The maximum absolute atomic E-state index is 13.0. The predicted molar refractivity (Wildman–Crippen MR) is 111 cm³/mol. The number of nitrogens with zero attached hydrogens (tertiary/aromatic N) is 4. The number of aromatic nitrogens is 4. The number of nitrogens with one attached hydrogen (secondary N) is 2. The lowest BCUT2D eigenvalue weighted by atomic mass is 10.3. The largest absolute Gasteiger partial charge is 0.321 e. The van der Waals surface area contributed by atoms with Gasteiger partial charge in [-0.25, -0.2) is 8.78 Å². The zero-order valence-corrected chi connectivity index (χ0v) is 17.8. The van der Waals surface area contributed by atoms with Gasteiger partial charge in [0.15, 0.2) is 5.69 Å². The topological polar surface area (TPSA) is 93.8 Å². The smallest absolute Gasteiger partial charge is 0.283 e. The lowest BCUT2D eigenvalue weighted by Crippen LogP contribution is -2.22. The molecular weight excluding hydrogens is 462 g/mol.